The van der Waals surface area contributed by atoms with Gasteiger partial charge in [-0.25, -0.2) is 0 Å². The summed E-state index contributed by atoms with van der Waals surface area (Å²) in [4.78, 5) is 19.9. The van der Waals surface area contributed by atoms with Gasteiger partial charge < -0.3 is 9.47 Å². The summed E-state index contributed by atoms with van der Waals surface area (Å²) in [6, 6.07) is 0. The van der Waals surface area contributed by atoms with E-state index in [2.05, 4.69) is 19.1 Å². The first-order valence-corrected chi connectivity index (χ1v) is 4.81. The molecule has 2 saturated heterocycles. The first kappa shape index (κ1) is 15.4. The molecule has 0 bridgehead atoms. The van der Waals surface area contributed by atoms with Crippen LogP contribution in [-0.2, 0) is 23.9 Å². The molecule has 0 aromatic heterocycles. The molecule has 2 heterocycles. The molecule has 2 atom stereocenters. The molecule has 0 spiro atoms. The maximum atomic E-state index is 12.9. The van der Waals surface area contributed by atoms with E-state index in [1.54, 1.807) is 0 Å². The van der Waals surface area contributed by atoms with Gasteiger partial charge in [0.15, 0.2) is 13.6 Å². The minimum Gasteiger partial charge on any atom is -0.315 e. The summed E-state index contributed by atoms with van der Waals surface area (Å²) in [5.74, 6) is -2.54. The van der Waals surface area contributed by atoms with Crippen LogP contribution in [0.5, 0.6) is 0 Å². The fourth-order valence-corrected chi connectivity index (χ4v) is 1.57. The largest absolute Gasteiger partial charge is 0.441 e. The lowest BCUT2D eigenvalue weighted by Crippen LogP contribution is -2.73. The van der Waals surface area contributed by atoms with Gasteiger partial charge in [0.1, 0.15) is 0 Å². The first-order chi connectivity index (χ1) is 9.07. The molecular formula is C7H6F6N2O5. The van der Waals surface area contributed by atoms with Crippen LogP contribution in [0.2, 0.25) is 0 Å². The van der Waals surface area contributed by atoms with Crippen LogP contribution < -0.4 is 11.0 Å². The molecule has 116 valence electrons. The van der Waals surface area contributed by atoms with E-state index in [1.165, 1.54) is 0 Å². The Kier molecular flexibility index (Phi) is 3.47. The quantitative estimate of drug-likeness (QED) is 0.700. The number of carbonyl (C=O) groups is 1. The molecule has 2 unspecified atom stereocenters. The highest BCUT2D eigenvalue weighted by atomic mass is 19.4. The molecule has 0 aromatic rings. The van der Waals surface area contributed by atoms with Gasteiger partial charge in [-0.05, 0) is 0 Å². The number of alkyl halides is 6. The monoisotopic (exact) mass is 312 g/mol. The van der Waals surface area contributed by atoms with Crippen molar-refractivity contribution in [1.29, 1.82) is 0 Å². The zero-order valence-corrected chi connectivity index (χ0v) is 9.22. The van der Waals surface area contributed by atoms with Crippen molar-refractivity contribution in [2.45, 2.75) is 23.8 Å². The molecule has 2 rings (SSSR count). The number of ketones is 1. The molecule has 0 aliphatic carbocycles. The van der Waals surface area contributed by atoms with Gasteiger partial charge in [-0.1, -0.05) is 0 Å². The van der Waals surface area contributed by atoms with Crippen LogP contribution in [-0.4, -0.2) is 43.2 Å². The maximum Gasteiger partial charge on any atom is 0.441 e. The minimum atomic E-state index is -5.54. The Morgan fingerprint density at radius 2 is 1.20 bits per heavy atom. The zero-order chi connectivity index (χ0) is 15.2. The van der Waals surface area contributed by atoms with Gasteiger partial charge in [-0.3, -0.25) is 14.5 Å². The number of ether oxygens (including phenoxy) is 2. The molecule has 0 amide bonds. The van der Waals surface area contributed by atoms with Crippen molar-refractivity contribution in [3.8, 4) is 0 Å². The third-order valence-corrected chi connectivity index (χ3v) is 2.54. The van der Waals surface area contributed by atoms with E-state index < -0.39 is 43.2 Å². The maximum absolute atomic E-state index is 12.9. The third kappa shape index (κ3) is 1.97. The summed E-state index contributed by atoms with van der Waals surface area (Å²) in [7, 11) is 0. The Hall–Kier alpha value is -0.990. The molecule has 0 saturated carbocycles. The van der Waals surface area contributed by atoms with Gasteiger partial charge in [-0.2, -0.15) is 37.3 Å². The van der Waals surface area contributed by atoms with Crippen molar-refractivity contribution < 1.29 is 50.3 Å². The number of hydrogen-bond acceptors (Lipinski definition) is 7. The van der Waals surface area contributed by atoms with E-state index in [-0.39, 0.29) is 0 Å². The molecule has 13 heteroatoms. The highest BCUT2D eigenvalue weighted by molar-refractivity contribution is 5.95. The topological polar surface area (TPSA) is 78.1 Å². The Morgan fingerprint density at radius 3 is 1.40 bits per heavy atom. The fraction of sp³-hybridized carbons (Fsp3) is 0.857. The van der Waals surface area contributed by atoms with Crippen LogP contribution in [0.15, 0.2) is 0 Å². The standard InChI is InChI=1S/C7H6F6N2O5/c8-6(9,10)4(14-19-1-17-4)3(16)5(7(11,12)13)15-20-2-18-5/h14-15H,1-2H2. The minimum absolute atomic E-state index is 1.08. The van der Waals surface area contributed by atoms with Crippen molar-refractivity contribution in [3.63, 3.8) is 0 Å². The van der Waals surface area contributed by atoms with Crippen LogP contribution in [0, 0.1) is 0 Å². The predicted molar refractivity (Wildman–Crippen MR) is 42.9 cm³/mol. The summed E-state index contributed by atoms with van der Waals surface area (Å²) in [6.07, 6.45) is -11.1. The van der Waals surface area contributed by atoms with Gasteiger partial charge in [0.2, 0.25) is 5.78 Å². The van der Waals surface area contributed by atoms with Gasteiger partial charge in [-0.15, -0.1) is 0 Å². The second-order valence-corrected chi connectivity index (χ2v) is 3.70. The van der Waals surface area contributed by atoms with Crippen LogP contribution in [0.1, 0.15) is 0 Å². The average molecular weight is 312 g/mol. The third-order valence-electron chi connectivity index (χ3n) is 2.54. The number of hydroxylamine groups is 2. The first-order valence-electron chi connectivity index (χ1n) is 4.81. The summed E-state index contributed by atoms with van der Waals surface area (Å²) >= 11 is 0. The Labute approximate surface area is 106 Å². The molecule has 7 nitrogen and oxygen atoms in total. The lowest BCUT2D eigenvalue weighted by molar-refractivity contribution is -0.297. The van der Waals surface area contributed by atoms with E-state index in [1.807, 2.05) is 0 Å². The number of rotatable bonds is 2. The molecule has 0 aromatic carbocycles. The summed E-state index contributed by atoms with van der Waals surface area (Å²) in [5, 5.41) is 0. The van der Waals surface area contributed by atoms with Crippen molar-refractivity contribution in [3.05, 3.63) is 0 Å². The van der Waals surface area contributed by atoms with E-state index in [0.717, 1.165) is 11.0 Å². The molecule has 0 radical (unpaired) electrons. The van der Waals surface area contributed by atoms with E-state index in [9.17, 15) is 31.1 Å². The van der Waals surface area contributed by atoms with Gasteiger partial charge in [0, 0.05) is 0 Å². The highest BCUT2D eigenvalue weighted by Crippen LogP contribution is 2.43. The van der Waals surface area contributed by atoms with Crippen molar-refractivity contribution in [2.24, 2.45) is 0 Å². The van der Waals surface area contributed by atoms with Crippen LogP contribution in [0.4, 0.5) is 26.3 Å². The van der Waals surface area contributed by atoms with E-state index >= 15 is 0 Å². The average Bonchev–Trinajstić information content (AvgIpc) is 2.97. The lowest BCUT2D eigenvalue weighted by Gasteiger charge is -2.35. The second kappa shape index (κ2) is 4.51. The predicted octanol–water partition coefficient (Wildman–Crippen LogP) is 0.0905. The van der Waals surface area contributed by atoms with E-state index in [0.29, 0.717) is 0 Å². The molecule has 2 fully saturated rings. The van der Waals surface area contributed by atoms with Gasteiger partial charge in [0.25, 0.3) is 0 Å². The van der Waals surface area contributed by atoms with Gasteiger partial charge in [0.05, 0.1) is 0 Å². The van der Waals surface area contributed by atoms with Crippen LogP contribution >= 0.6 is 0 Å². The van der Waals surface area contributed by atoms with Crippen molar-refractivity contribution >= 4 is 5.78 Å². The van der Waals surface area contributed by atoms with E-state index in [4.69, 9.17) is 0 Å². The van der Waals surface area contributed by atoms with Crippen LogP contribution in [0.25, 0.3) is 0 Å². The molecule has 2 N–H and O–H groups in total. The molecule has 2 aliphatic rings. The molecule has 20 heavy (non-hydrogen) atoms. The zero-order valence-electron chi connectivity index (χ0n) is 9.22. The number of carbonyl (C=O) groups excluding carboxylic acids is 1. The number of halogens is 6. The molecular weight excluding hydrogens is 306 g/mol. The highest BCUT2D eigenvalue weighted by Gasteiger charge is 2.77. The number of Topliss-reactive ketones (excluding diaryl/α,β-unsaturated/α-hetero) is 1. The lowest BCUT2D eigenvalue weighted by atomic mass is 9.97. The van der Waals surface area contributed by atoms with Crippen LogP contribution in [0.3, 0.4) is 0 Å². The number of nitrogens with one attached hydrogen (secondary N) is 2. The van der Waals surface area contributed by atoms with Gasteiger partial charge >= 0.3 is 23.8 Å². The van der Waals surface area contributed by atoms with Crippen molar-refractivity contribution in [1.82, 2.24) is 11.0 Å². The number of hydrogen-bond donors (Lipinski definition) is 2. The fourth-order valence-electron chi connectivity index (χ4n) is 1.57. The smallest absolute Gasteiger partial charge is 0.315 e. The van der Waals surface area contributed by atoms with Crippen molar-refractivity contribution in [2.75, 3.05) is 13.6 Å². The normalized spacial score (nSPS) is 35.5. The Morgan fingerprint density at radius 1 is 0.850 bits per heavy atom. The Balaban J connectivity index is 2.46. The SMILES string of the molecule is O=C(C1(C(F)(F)F)NOCO1)C1(C(F)(F)F)NOCO1. The molecule has 2 aliphatic heterocycles. The summed E-state index contributed by atoms with van der Waals surface area (Å²) in [5.41, 5.74) is -5.83. The summed E-state index contributed by atoms with van der Waals surface area (Å²) < 4.78 is 85.4. The Bertz CT molecular complexity index is 361. The summed E-state index contributed by atoms with van der Waals surface area (Å²) in [6.45, 7) is -2.17. The second-order valence-electron chi connectivity index (χ2n) is 3.70.